The Morgan fingerprint density at radius 3 is 3.00 bits per heavy atom. The second kappa shape index (κ2) is 2.47. The number of ketones is 1. The standard InChI is InChI=1S/C10H12O2/c1-6-3-9(11)8-5-7(2)12-10(8)4-6/h5-6H,3-4H2,1-2H3. The summed E-state index contributed by atoms with van der Waals surface area (Å²) in [7, 11) is 0. The normalized spacial score (nSPS) is 22.5. The average Bonchev–Trinajstić information content (AvgIpc) is 2.29. The van der Waals surface area contributed by atoms with Gasteiger partial charge in [-0.2, -0.15) is 0 Å². The van der Waals surface area contributed by atoms with Gasteiger partial charge >= 0.3 is 0 Å². The SMILES string of the molecule is Cc1cc2c(o1)CC(C)CC2=O. The first kappa shape index (κ1) is 7.59. The van der Waals surface area contributed by atoms with E-state index in [1.54, 1.807) is 0 Å². The molecule has 0 amide bonds. The highest BCUT2D eigenvalue weighted by molar-refractivity contribution is 5.98. The van der Waals surface area contributed by atoms with Crippen LogP contribution in [0.1, 0.15) is 35.2 Å². The van der Waals surface area contributed by atoms with Gasteiger partial charge in [0.05, 0.1) is 5.56 Å². The molecular weight excluding hydrogens is 152 g/mol. The lowest BCUT2D eigenvalue weighted by atomic mass is 9.89. The van der Waals surface area contributed by atoms with Crippen molar-refractivity contribution in [1.82, 2.24) is 0 Å². The van der Waals surface area contributed by atoms with Crippen LogP contribution in [-0.4, -0.2) is 5.78 Å². The number of furan rings is 1. The van der Waals surface area contributed by atoms with Crippen molar-refractivity contribution in [3.63, 3.8) is 0 Å². The highest BCUT2D eigenvalue weighted by atomic mass is 16.3. The van der Waals surface area contributed by atoms with Crippen molar-refractivity contribution >= 4 is 5.78 Å². The van der Waals surface area contributed by atoms with E-state index >= 15 is 0 Å². The first-order valence-corrected chi connectivity index (χ1v) is 4.29. The van der Waals surface area contributed by atoms with E-state index in [0.29, 0.717) is 12.3 Å². The van der Waals surface area contributed by atoms with Gasteiger partial charge in [0.25, 0.3) is 0 Å². The summed E-state index contributed by atoms with van der Waals surface area (Å²) in [6.07, 6.45) is 1.58. The Morgan fingerprint density at radius 1 is 1.50 bits per heavy atom. The van der Waals surface area contributed by atoms with Crippen molar-refractivity contribution in [3.8, 4) is 0 Å². The number of carbonyl (C=O) groups is 1. The molecule has 0 spiro atoms. The van der Waals surface area contributed by atoms with Gasteiger partial charge in [-0.15, -0.1) is 0 Å². The molecule has 0 saturated carbocycles. The predicted octanol–water partition coefficient (Wildman–Crippen LogP) is 2.35. The van der Waals surface area contributed by atoms with Gasteiger partial charge in [0.2, 0.25) is 0 Å². The maximum absolute atomic E-state index is 11.4. The Hall–Kier alpha value is -1.05. The zero-order chi connectivity index (χ0) is 8.72. The number of rotatable bonds is 0. The van der Waals surface area contributed by atoms with Crippen LogP contribution in [-0.2, 0) is 6.42 Å². The Bertz CT molecular complexity index is 323. The fourth-order valence-corrected chi connectivity index (χ4v) is 1.77. The van der Waals surface area contributed by atoms with Crippen LogP contribution in [0, 0.1) is 12.8 Å². The molecule has 1 aliphatic carbocycles. The molecule has 1 aromatic rings. The van der Waals surface area contributed by atoms with Gasteiger partial charge in [-0.1, -0.05) is 6.92 Å². The third kappa shape index (κ3) is 1.07. The van der Waals surface area contributed by atoms with Crippen LogP contribution in [0.3, 0.4) is 0 Å². The van der Waals surface area contributed by atoms with E-state index < -0.39 is 0 Å². The molecule has 1 aromatic heterocycles. The van der Waals surface area contributed by atoms with Crippen LogP contribution in [0.4, 0.5) is 0 Å². The summed E-state index contributed by atoms with van der Waals surface area (Å²) < 4.78 is 5.43. The lowest BCUT2D eigenvalue weighted by molar-refractivity contribution is 0.0949. The molecular formula is C10H12O2. The Labute approximate surface area is 71.6 Å². The van der Waals surface area contributed by atoms with E-state index in [-0.39, 0.29) is 5.78 Å². The lowest BCUT2D eigenvalue weighted by Crippen LogP contribution is -2.15. The summed E-state index contributed by atoms with van der Waals surface area (Å²) >= 11 is 0. The molecule has 0 fully saturated rings. The van der Waals surface area contributed by atoms with Crippen molar-refractivity contribution < 1.29 is 9.21 Å². The molecule has 0 bridgehead atoms. The summed E-state index contributed by atoms with van der Waals surface area (Å²) in [5.41, 5.74) is 0.811. The van der Waals surface area contributed by atoms with Crippen molar-refractivity contribution in [2.45, 2.75) is 26.7 Å². The molecule has 1 heterocycles. The number of carbonyl (C=O) groups excluding carboxylic acids is 1. The van der Waals surface area contributed by atoms with Crippen molar-refractivity contribution in [3.05, 3.63) is 23.2 Å². The number of aryl methyl sites for hydroxylation is 1. The molecule has 1 atom stereocenters. The van der Waals surface area contributed by atoms with Gasteiger partial charge in [-0.3, -0.25) is 4.79 Å². The Balaban J connectivity index is 2.46. The minimum absolute atomic E-state index is 0.237. The topological polar surface area (TPSA) is 30.2 Å². The molecule has 0 aromatic carbocycles. The first-order valence-electron chi connectivity index (χ1n) is 4.29. The maximum atomic E-state index is 11.4. The molecule has 0 N–H and O–H groups in total. The molecule has 2 rings (SSSR count). The number of fused-ring (bicyclic) bond motifs is 1. The molecule has 12 heavy (non-hydrogen) atoms. The van der Waals surface area contributed by atoms with E-state index in [0.717, 1.165) is 23.5 Å². The van der Waals surface area contributed by atoms with Gasteiger partial charge in [-0.05, 0) is 18.9 Å². The first-order chi connectivity index (χ1) is 5.66. The summed E-state index contributed by atoms with van der Waals surface area (Å²) in [5.74, 6) is 2.41. The van der Waals surface area contributed by atoms with Crippen LogP contribution >= 0.6 is 0 Å². The van der Waals surface area contributed by atoms with Crippen LogP contribution in [0.2, 0.25) is 0 Å². The molecule has 1 unspecified atom stereocenters. The van der Waals surface area contributed by atoms with Crippen LogP contribution in [0.15, 0.2) is 10.5 Å². The molecule has 1 aliphatic rings. The quantitative estimate of drug-likeness (QED) is 0.589. The third-order valence-electron chi connectivity index (χ3n) is 2.30. The molecule has 64 valence electrons. The Morgan fingerprint density at radius 2 is 2.25 bits per heavy atom. The van der Waals surface area contributed by atoms with Crippen LogP contribution in [0.25, 0.3) is 0 Å². The van der Waals surface area contributed by atoms with Gasteiger partial charge < -0.3 is 4.42 Å². The Kier molecular flexibility index (Phi) is 1.56. The van der Waals surface area contributed by atoms with Gasteiger partial charge in [-0.25, -0.2) is 0 Å². The van der Waals surface area contributed by atoms with Crippen molar-refractivity contribution in [2.75, 3.05) is 0 Å². The summed E-state index contributed by atoms with van der Waals surface area (Å²) in [6.45, 7) is 3.97. The van der Waals surface area contributed by atoms with E-state index in [2.05, 4.69) is 6.92 Å². The van der Waals surface area contributed by atoms with Crippen LogP contribution in [0.5, 0.6) is 0 Å². The minimum atomic E-state index is 0.237. The third-order valence-corrected chi connectivity index (χ3v) is 2.30. The smallest absolute Gasteiger partial charge is 0.166 e. The summed E-state index contributed by atoms with van der Waals surface area (Å²) in [5, 5.41) is 0. The monoisotopic (exact) mass is 164 g/mol. The number of hydrogen-bond acceptors (Lipinski definition) is 2. The molecule has 2 nitrogen and oxygen atoms in total. The highest BCUT2D eigenvalue weighted by Gasteiger charge is 2.25. The van der Waals surface area contributed by atoms with Gasteiger partial charge in [0.15, 0.2) is 5.78 Å². The fourth-order valence-electron chi connectivity index (χ4n) is 1.77. The van der Waals surface area contributed by atoms with E-state index in [9.17, 15) is 4.79 Å². The molecule has 0 saturated heterocycles. The minimum Gasteiger partial charge on any atom is -0.466 e. The van der Waals surface area contributed by atoms with Crippen LogP contribution < -0.4 is 0 Å². The maximum Gasteiger partial charge on any atom is 0.166 e. The van der Waals surface area contributed by atoms with E-state index in [4.69, 9.17) is 4.42 Å². The second-order valence-electron chi connectivity index (χ2n) is 3.63. The molecule has 0 radical (unpaired) electrons. The van der Waals surface area contributed by atoms with Crippen molar-refractivity contribution in [1.29, 1.82) is 0 Å². The number of hydrogen-bond donors (Lipinski definition) is 0. The largest absolute Gasteiger partial charge is 0.466 e. The zero-order valence-corrected chi connectivity index (χ0v) is 7.39. The van der Waals surface area contributed by atoms with Crippen molar-refractivity contribution in [2.24, 2.45) is 5.92 Å². The van der Waals surface area contributed by atoms with Gasteiger partial charge in [0.1, 0.15) is 11.5 Å². The summed E-state index contributed by atoms with van der Waals surface area (Å²) in [4.78, 5) is 11.4. The highest BCUT2D eigenvalue weighted by Crippen LogP contribution is 2.27. The average molecular weight is 164 g/mol. The summed E-state index contributed by atoms with van der Waals surface area (Å²) in [6, 6.07) is 1.85. The number of Topliss-reactive ketones (excluding diaryl/α,β-unsaturated/α-hetero) is 1. The fraction of sp³-hybridized carbons (Fsp3) is 0.500. The van der Waals surface area contributed by atoms with E-state index in [1.165, 1.54) is 0 Å². The van der Waals surface area contributed by atoms with Gasteiger partial charge in [0, 0.05) is 12.8 Å². The lowest BCUT2D eigenvalue weighted by Gasteiger charge is -2.14. The molecule has 0 aliphatic heterocycles. The zero-order valence-electron chi connectivity index (χ0n) is 7.39. The second-order valence-corrected chi connectivity index (χ2v) is 3.63. The molecule has 2 heteroatoms. The van der Waals surface area contributed by atoms with E-state index in [1.807, 2.05) is 13.0 Å². The predicted molar refractivity (Wildman–Crippen MR) is 45.3 cm³/mol.